The van der Waals surface area contributed by atoms with Crippen molar-refractivity contribution in [1.82, 2.24) is 9.62 Å². The predicted octanol–water partition coefficient (Wildman–Crippen LogP) is -3.89. The van der Waals surface area contributed by atoms with Crippen LogP contribution in [-0.2, 0) is 15.1 Å². The van der Waals surface area contributed by atoms with Gasteiger partial charge in [0, 0.05) is 0 Å². The summed E-state index contributed by atoms with van der Waals surface area (Å²) in [7, 11) is -2.11. The van der Waals surface area contributed by atoms with Gasteiger partial charge in [0.05, 0.1) is 20.8 Å². The first kappa shape index (κ1) is 20.4. The van der Waals surface area contributed by atoms with Gasteiger partial charge in [-0.05, 0) is 12.1 Å². The van der Waals surface area contributed by atoms with E-state index in [1.165, 1.54) is 26.4 Å². The summed E-state index contributed by atoms with van der Waals surface area (Å²) in [4.78, 5) is 23.8. The number of nitrogens with zero attached hydrogens (tertiary/aromatic N) is 1. The molecule has 0 radical (unpaired) electrons. The van der Waals surface area contributed by atoms with Crippen molar-refractivity contribution < 1.29 is 83.4 Å². The van der Waals surface area contributed by atoms with Gasteiger partial charge in [-0.25, -0.2) is 12.7 Å². The topological polar surface area (TPSA) is 125 Å². The van der Waals surface area contributed by atoms with Crippen LogP contribution in [0.2, 0.25) is 0 Å². The predicted molar refractivity (Wildman–Crippen MR) is 72.2 cm³/mol. The minimum atomic E-state index is -4.84. The first-order valence-electron chi connectivity index (χ1n) is 6.09. The van der Waals surface area contributed by atoms with Crippen molar-refractivity contribution in [3.05, 3.63) is 23.8 Å². The largest absolute Gasteiger partial charge is 1.00 e. The molecule has 1 N–H and O–H groups in total. The van der Waals surface area contributed by atoms with Crippen molar-refractivity contribution in [2.24, 2.45) is 0 Å². The summed E-state index contributed by atoms with van der Waals surface area (Å²) in [5.74, 6) is -1.18. The van der Waals surface area contributed by atoms with E-state index in [9.17, 15) is 22.6 Å². The number of β-lactam (4-membered cyclic amide) rings is 1. The van der Waals surface area contributed by atoms with Crippen LogP contribution in [0.25, 0.3) is 0 Å². The van der Waals surface area contributed by atoms with E-state index >= 15 is 0 Å². The van der Waals surface area contributed by atoms with E-state index < -0.39 is 34.7 Å². The Balaban J connectivity index is 0.00000264. The molecule has 1 aliphatic rings. The standard InChI is InChI=1S/C12H14N2O7S.K/c1-20-8-4-3-5-9(21-2)10(8)11(15)13-7-6-14(12(7)16)22(17,18)19;/h3-5,7H,6H2,1-2H3,(H,13,15)(H,17,18,19);/q;+1/p-1/t7-;/m0./s1. The molecule has 1 heterocycles. The third-order valence-corrected chi connectivity index (χ3v) is 3.99. The maximum absolute atomic E-state index is 12.2. The number of methoxy groups -OCH3 is 2. The molecule has 1 aliphatic heterocycles. The van der Waals surface area contributed by atoms with Gasteiger partial charge < -0.3 is 19.3 Å². The summed E-state index contributed by atoms with van der Waals surface area (Å²) in [6.45, 7) is -0.395. The van der Waals surface area contributed by atoms with Gasteiger partial charge in [0.15, 0.2) is 10.3 Å². The molecule has 1 aromatic carbocycles. The zero-order valence-corrected chi connectivity index (χ0v) is 16.7. The van der Waals surface area contributed by atoms with Gasteiger partial charge in [-0.1, -0.05) is 6.07 Å². The van der Waals surface area contributed by atoms with E-state index in [1.807, 2.05) is 0 Å². The number of hydrogen-bond donors (Lipinski definition) is 1. The Bertz CT molecular complexity index is 700. The van der Waals surface area contributed by atoms with E-state index in [1.54, 1.807) is 6.07 Å². The molecule has 0 aromatic heterocycles. The number of hydrogen-bond acceptors (Lipinski definition) is 7. The minimum Gasteiger partial charge on any atom is -0.731 e. The van der Waals surface area contributed by atoms with Crippen molar-refractivity contribution >= 4 is 22.1 Å². The van der Waals surface area contributed by atoms with E-state index in [4.69, 9.17) is 9.47 Å². The molecule has 0 spiro atoms. The van der Waals surface area contributed by atoms with Gasteiger partial charge in [0.25, 0.3) is 11.8 Å². The SMILES string of the molecule is COc1cccc(OC)c1C(=O)N[C@H]1CN(S(=O)(=O)[O-])C1=O.[K+]. The van der Waals surface area contributed by atoms with Crippen molar-refractivity contribution in [2.45, 2.75) is 6.04 Å². The van der Waals surface area contributed by atoms with Gasteiger partial charge in [0.2, 0.25) is 0 Å². The van der Waals surface area contributed by atoms with Crippen LogP contribution in [-0.4, -0.2) is 55.9 Å². The normalized spacial score (nSPS) is 16.9. The van der Waals surface area contributed by atoms with Gasteiger partial charge in [-0.15, -0.1) is 0 Å². The monoisotopic (exact) mass is 368 g/mol. The van der Waals surface area contributed by atoms with Gasteiger partial charge in [0.1, 0.15) is 23.1 Å². The molecular weight excluding hydrogens is 355 g/mol. The van der Waals surface area contributed by atoms with Crippen LogP contribution in [0.4, 0.5) is 0 Å². The first-order chi connectivity index (χ1) is 10.3. The average Bonchev–Trinajstić information content (AvgIpc) is 2.47. The van der Waals surface area contributed by atoms with Gasteiger partial charge >= 0.3 is 51.4 Å². The molecule has 1 atom stereocenters. The molecule has 9 nitrogen and oxygen atoms in total. The second-order valence-electron chi connectivity index (χ2n) is 4.39. The van der Waals surface area contributed by atoms with Crippen LogP contribution < -0.4 is 66.2 Å². The molecule has 0 unspecified atom stereocenters. The van der Waals surface area contributed by atoms with Crippen LogP contribution in [0.15, 0.2) is 18.2 Å². The number of rotatable bonds is 5. The quantitative estimate of drug-likeness (QED) is 0.320. The summed E-state index contributed by atoms with van der Waals surface area (Å²) in [6, 6.07) is 3.61. The smallest absolute Gasteiger partial charge is 0.731 e. The second-order valence-corrected chi connectivity index (χ2v) is 5.69. The zero-order valence-electron chi connectivity index (χ0n) is 12.7. The van der Waals surface area contributed by atoms with Crippen molar-refractivity contribution in [3.8, 4) is 11.5 Å². The molecule has 1 fully saturated rings. The van der Waals surface area contributed by atoms with Crippen LogP contribution in [0, 0.1) is 0 Å². The molecule has 0 saturated carbocycles. The number of ether oxygens (including phenoxy) is 2. The molecule has 11 heteroatoms. The van der Waals surface area contributed by atoms with Crippen LogP contribution in [0.3, 0.4) is 0 Å². The van der Waals surface area contributed by atoms with Crippen LogP contribution >= 0.6 is 0 Å². The molecule has 1 saturated heterocycles. The van der Waals surface area contributed by atoms with E-state index in [-0.39, 0.29) is 72.8 Å². The fourth-order valence-corrected chi connectivity index (χ4v) is 2.69. The number of carbonyl (C=O) groups excluding carboxylic acids is 2. The molecule has 0 bridgehead atoms. The average molecular weight is 368 g/mol. The Morgan fingerprint density at radius 1 is 1.30 bits per heavy atom. The molecule has 1 aromatic rings. The molecule has 0 aliphatic carbocycles. The van der Waals surface area contributed by atoms with Gasteiger partial charge in [-0.3, -0.25) is 9.59 Å². The molecule has 120 valence electrons. The third-order valence-electron chi connectivity index (χ3n) is 3.12. The van der Waals surface area contributed by atoms with Crippen LogP contribution in [0.5, 0.6) is 11.5 Å². The minimum absolute atomic E-state index is 0. The van der Waals surface area contributed by atoms with Crippen molar-refractivity contribution in [2.75, 3.05) is 20.8 Å². The van der Waals surface area contributed by atoms with E-state index in [0.29, 0.717) is 0 Å². The summed E-state index contributed by atoms with van der Waals surface area (Å²) in [6.07, 6.45) is 0. The van der Waals surface area contributed by atoms with Gasteiger partial charge in [-0.2, -0.15) is 0 Å². The second kappa shape index (κ2) is 7.92. The Morgan fingerprint density at radius 3 is 2.22 bits per heavy atom. The molecule has 2 amide bonds. The molecule has 23 heavy (non-hydrogen) atoms. The maximum Gasteiger partial charge on any atom is 1.00 e. The fourth-order valence-electron chi connectivity index (χ4n) is 2.01. The number of amides is 2. The molecule has 2 rings (SSSR count). The Labute approximate surface area is 175 Å². The van der Waals surface area contributed by atoms with Crippen molar-refractivity contribution in [3.63, 3.8) is 0 Å². The Kier molecular flexibility index (Phi) is 7.01. The first-order valence-corrected chi connectivity index (χ1v) is 7.45. The summed E-state index contributed by atoms with van der Waals surface area (Å²) < 4.78 is 42.4. The number of carbonyl (C=O) groups is 2. The van der Waals surface area contributed by atoms with E-state index in [2.05, 4.69) is 5.32 Å². The number of nitrogens with one attached hydrogen (secondary N) is 1. The van der Waals surface area contributed by atoms with E-state index in [0.717, 1.165) is 0 Å². The Morgan fingerprint density at radius 2 is 1.83 bits per heavy atom. The maximum atomic E-state index is 12.2. The summed E-state index contributed by atoms with van der Waals surface area (Å²) in [5, 5.41) is 2.34. The molecular formula is C12H13KN2O7S. The number of benzene rings is 1. The zero-order chi connectivity index (χ0) is 16.5. The fraction of sp³-hybridized carbons (Fsp3) is 0.333. The Hall–Kier alpha value is -0.694. The summed E-state index contributed by atoms with van der Waals surface area (Å²) >= 11 is 0. The summed E-state index contributed by atoms with van der Waals surface area (Å²) in [5.41, 5.74) is 0.0729. The third kappa shape index (κ3) is 4.23. The van der Waals surface area contributed by atoms with Crippen LogP contribution in [0.1, 0.15) is 10.4 Å². The van der Waals surface area contributed by atoms with Crippen molar-refractivity contribution in [1.29, 1.82) is 0 Å².